The van der Waals surface area contributed by atoms with Gasteiger partial charge in [0.1, 0.15) is 24.4 Å². The van der Waals surface area contributed by atoms with Crippen LogP contribution >= 0.6 is 0 Å². The van der Waals surface area contributed by atoms with Gasteiger partial charge in [-0.2, -0.15) is 0 Å². The van der Waals surface area contributed by atoms with Crippen LogP contribution in [-0.2, 0) is 33.2 Å². The molecule has 3 heterocycles. The Morgan fingerprint density at radius 1 is 1.14 bits per heavy atom. The molecule has 3 aliphatic rings. The first-order valence-electron chi connectivity index (χ1n) is 9.40. The molecule has 0 aromatic carbocycles. The van der Waals surface area contributed by atoms with Crippen molar-refractivity contribution < 1.29 is 53.6 Å². The van der Waals surface area contributed by atoms with E-state index < -0.39 is 67.9 Å². The molecule has 0 saturated carbocycles. The lowest BCUT2D eigenvalue weighted by atomic mass is 9.77. The number of methoxy groups -OCH3 is 2. The van der Waals surface area contributed by atoms with Crippen LogP contribution in [0.15, 0.2) is 11.8 Å². The maximum atomic E-state index is 12.2. The summed E-state index contributed by atoms with van der Waals surface area (Å²) in [6.07, 6.45) is -7.54. The maximum Gasteiger partial charge on any atom is 0.337 e. The van der Waals surface area contributed by atoms with Crippen molar-refractivity contribution >= 4 is 5.97 Å². The first-order chi connectivity index (χ1) is 13.8. The van der Waals surface area contributed by atoms with E-state index in [2.05, 4.69) is 0 Å². The van der Waals surface area contributed by atoms with Crippen molar-refractivity contribution in [1.82, 2.24) is 0 Å². The first-order valence-corrected chi connectivity index (χ1v) is 9.40. The Balaban J connectivity index is 1.82. The van der Waals surface area contributed by atoms with Gasteiger partial charge in [0.15, 0.2) is 12.6 Å². The lowest BCUT2D eigenvalue weighted by molar-refractivity contribution is -0.352. The van der Waals surface area contributed by atoms with E-state index in [1.54, 1.807) is 6.92 Å². The molecule has 0 radical (unpaired) electrons. The SMILES string of the molecule is COC(=O)C1=CO[C@@H](O[C@@H]2O[C@H](CO)[C@@H](O)[C@H](O)[C@H]2O)C2C1CC(OC)O[C@H]2C. The Morgan fingerprint density at radius 3 is 2.48 bits per heavy atom. The van der Waals surface area contributed by atoms with E-state index in [1.807, 2.05) is 0 Å². The van der Waals surface area contributed by atoms with Crippen LogP contribution in [0.3, 0.4) is 0 Å². The molecule has 3 aliphatic heterocycles. The number of esters is 1. The first kappa shape index (κ1) is 22.4. The van der Waals surface area contributed by atoms with Gasteiger partial charge < -0.3 is 48.8 Å². The summed E-state index contributed by atoms with van der Waals surface area (Å²) < 4.78 is 32.7. The Kier molecular flexibility index (Phi) is 7.12. The van der Waals surface area contributed by atoms with Gasteiger partial charge in [-0.15, -0.1) is 0 Å². The fourth-order valence-electron chi connectivity index (χ4n) is 4.04. The molecule has 0 aliphatic carbocycles. The van der Waals surface area contributed by atoms with Crippen LogP contribution in [0.4, 0.5) is 0 Å². The molecule has 3 rings (SSSR count). The fourth-order valence-corrected chi connectivity index (χ4v) is 4.04. The minimum atomic E-state index is -1.58. The molecule has 10 atom stereocenters. The number of rotatable bonds is 5. The number of hydrogen-bond acceptors (Lipinski definition) is 11. The molecule has 0 aromatic rings. The standard InChI is InChI=1S/C18H28O11/c1-7-12-8(4-11(24-2)27-7)9(16(23)25-3)6-26-17(12)29-18-15(22)14(21)13(20)10(5-19)28-18/h6-8,10-15,17-22H,4-5H2,1-3H3/t7-,8?,10+,11?,12?,13+,14-,15+,17-,18-/m0/s1. The van der Waals surface area contributed by atoms with Crippen molar-refractivity contribution in [3.05, 3.63) is 11.8 Å². The van der Waals surface area contributed by atoms with Gasteiger partial charge in [-0.25, -0.2) is 4.79 Å². The van der Waals surface area contributed by atoms with E-state index >= 15 is 0 Å². The van der Waals surface area contributed by atoms with Gasteiger partial charge in [0, 0.05) is 19.4 Å². The Bertz CT molecular complexity index is 609. The zero-order chi connectivity index (χ0) is 21.3. The van der Waals surface area contributed by atoms with E-state index in [-0.39, 0.29) is 5.92 Å². The van der Waals surface area contributed by atoms with Crippen LogP contribution in [0.5, 0.6) is 0 Å². The summed E-state index contributed by atoms with van der Waals surface area (Å²) in [7, 11) is 2.77. The van der Waals surface area contributed by atoms with Crippen LogP contribution in [-0.4, -0.2) is 96.6 Å². The van der Waals surface area contributed by atoms with E-state index in [9.17, 15) is 25.2 Å². The molecule has 0 aromatic heterocycles. The molecule has 166 valence electrons. The summed E-state index contributed by atoms with van der Waals surface area (Å²) >= 11 is 0. The lowest BCUT2D eigenvalue weighted by Gasteiger charge is -2.47. The van der Waals surface area contributed by atoms with E-state index in [0.717, 1.165) is 0 Å². The molecule has 3 unspecified atom stereocenters. The normalized spacial score (nSPS) is 45.0. The number of aliphatic hydroxyl groups excluding tert-OH is 4. The van der Waals surface area contributed by atoms with Crippen molar-refractivity contribution in [1.29, 1.82) is 0 Å². The van der Waals surface area contributed by atoms with Crippen LogP contribution in [0.2, 0.25) is 0 Å². The number of hydrogen-bond donors (Lipinski definition) is 4. The quantitative estimate of drug-likeness (QED) is 0.374. The second kappa shape index (κ2) is 9.23. The predicted octanol–water partition coefficient (Wildman–Crippen LogP) is -1.77. The van der Waals surface area contributed by atoms with Crippen molar-refractivity contribution in [2.24, 2.45) is 11.8 Å². The average molecular weight is 420 g/mol. The summed E-state index contributed by atoms with van der Waals surface area (Å²) in [5.41, 5.74) is 0.309. The van der Waals surface area contributed by atoms with E-state index in [4.69, 9.17) is 28.4 Å². The van der Waals surface area contributed by atoms with Gasteiger partial charge in [-0.1, -0.05) is 0 Å². The second-order valence-electron chi connectivity index (χ2n) is 7.33. The highest BCUT2D eigenvalue weighted by Gasteiger charge is 2.51. The van der Waals surface area contributed by atoms with Crippen LogP contribution in [0.1, 0.15) is 13.3 Å². The molecular weight excluding hydrogens is 392 g/mol. The molecule has 0 bridgehead atoms. The van der Waals surface area contributed by atoms with Crippen LogP contribution in [0.25, 0.3) is 0 Å². The second-order valence-corrected chi connectivity index (χ2v) is 7.33. The van der Waals surface area contributed by atoms with Crippen molar-refractivity contribution in [2.75, 3.05) is 20.8 Å². The average Bonchev–Trinajstić information content (AvgIpc) is 2.73. The number of carbonyl (C=O) groups is 1. The maximum absolute atomic E-state index is 12.2. The Morgan fingerprint density at radius 2 is 1.86 bits per heavy atom. The summed E-state index contributed by atoms with van der Waals surface area (Å²) in [4.78, 5) is 12.2. The Hall–Kier alpha value is -1.31. The van der Waals surface area contributed by atoms with Crippen molar-refractivity contribution in [3.8, 4) is 0 Å². The van der Waals surface area contributed by atoms with Gasteiger partial charge in [0.2, 0.25) is 6.29 Å². The van der Waals surface area contributed by atoms with Gasteiger partial charge in [0.25, 0.3) is 0 Å². The third kappa shape index (κ3) is 4.28. The third-order valence-electron chi connectivity index (χ3n) is 5.66. The predicted molar refractivity (Wildman–Crippen MR) is 92.8 cm³/mol. The molecule has 11 heteroatoms. The lowest BCUT2D eigenvalue weighted by Crippen LogP contribution is -2.61. The monoisotopic (exact) mass is 420 g/mol. The highest BCUT2D eigenvalue weighted by Crippen LogP contribution is 2.43. The van der Waals surface area contributed by atoms with E-state index in [0.29, 0.717) is 12.0 Å². The number of aliphatic hydroxyl groups is 4. The van der Waals surface area contributed by atoms with Crippen LogP contribution in [0, 0.1) is 11.8 Å². The molecule has 2 saturated heterocycles. The molecule has 0 spiro atoms. The highest BCUT2D eigenvalue weighted by atomic mass is 16.8. The number of carbonyl (C=O) groups excluding carboxylic acids is 1. The van der Waals surface area contributed by atoms with Gasteiger partial charge in [-0.3, -0.25) is 0 Å². The van der Waals surface area contributed by atoms with Crippen molar-refractivity contribution in [3.63, 3.8) is 0 Å². The number of fused-ring (bicyclic) bond motifs is 1. The molecule has 11 nitrogen and oxygen atoms in total. The minimum absolute atomic E-state index is 0.309. The van der Waals surface area contributed by atoms with Gasteiger partial charge in [-0.05, 0) is 6.92 Å². The molecular formula is C18H28O11. The molecule has 0 amide bonds. The zero-order valence-corrected chi connectivity index (χ0v) is 16.4. The van der Waals surface area contributed by atoms with Gasteiger partial charge >= 0.3 is 5.97 Å². The summed E-state index contributed by atoms with van der Waals surface area (Å²) in [6, 6.07) is 0. The summed E-state index contributed by atoms with van der Waals surface area (Å²) in [6.45, 7) is 1.19. The Labute approximate surface area is 167 Å². The fraction of sp³-hybridized carbons (Fsp3) is 0.833. The summed E-state index contributed by atoms with van der Waals surface area (Å²) in [5.74, 6) is -1.40. The van der Waals surface area contributed by atoms with Gasteiger partial charge in [0.05, 0.1) is 37.6 Å². The largest absolute Gasteiger partial charge is 0.471 e. The molecule has 4 N–H and O–H groups in total. The summed E-state index contributed by atoms with van der Waals surface area (Å²) in [5, 5.41) is 39.5. The van der Waals surface area contributed by atoms with Crippen LogP contribution < -0.4 is 0 Å². The zero-order valence-electron chi connectivity index (χ0n) is 16.4. The third-order valence-corrected chi connectivity index (χ3v) is 5.66. The molecule has 29 heavy (non-hydrogen) atoms. The topological polar surface area (TPSA) is 153 Å². The minimum Gasteiger partial charge on any atom is -0.471 e. The number of ether oxygens (including phenoxy) is 6. The molecule has 2 fully saturated rings. The smallest absolute Gasteiger partial charge is 0.337 e. The highest BCUT2D eigenvalue weighted by molar-refractivity contribution is 5.88. The van der Waals surface area contributed by atoms with E-state index in [1.165, 1.54) is 20.5 Å². The van der Waals surface area contributed by atoms with Crippen molar-refractivity contribution in [2.45, 2.75) is 62.7 Å².